The van der Waals surface area contributed by atoms with Crippen LogP contribution in [0, 0.1) is 29.1 Å². The molecule has 1 fully saturated rings. The number of benzene rings is 1. The van der Waals surface area contributed by atoms with Crippen LogP contribution < -0.4 is 5.32 Å². The van der Waals surface area contributed by atoms with Crippen molar-refractivity contribution in [3.8, 4) is 0 Å². The van der Waals surface area contributed by atoms with Crippen LogP contribution in [0.3, 0.4) is 0 Å². The molecule has 2 atom stereocenters. The summed E-state index contributed by atoms with van der Waals surface area (Å²) in [6, 6.07) is -0.932. The van der Waals surface area contributed by atoms with Gasteiger partial charge in [0.2, 0.25) is 5.82 Å². The van der Waals surface area contributed by atoms with Gasteiger partial charge in [0.05, 0.1) is 25.4 Å². The van der Waals surface area contributed by atoms with E-state index >= 15 is 0 Å². The van der Waals surface area contributed by atoms with Crippen LogP contribution in [0.2, 0.25) is 0 Å². The fourth-order valence-corrected chi connectivity index (χ4v) is 1.60. The van der Waals surface area contributed by atoms with Crippen LogP contribution in [0.15, 0.2) is 0 Å². The third-order valence-corrected chi connectivity index (χ3v) is 2.59. The maximum atomic E-state index is 13.3. The lowest BCUT2D eigenvalue weighted by Crippen LogP contribution is -2.33. The number of rotatable bonds is 2. The van der Waals surface area contributed by atoms with Gasteiger partial charge in [-0.1, -0.05) is 0 Å². The molecule has 0 spiro atoms. The third kappa shape index (κ3) is 2.01. The van der Waals surface area contributed by atoms with Crippen molar-refractivity contribution in [2.75, 3.05) is 18.5 Å². The van der Waals surface area contributed by atoms with Crippen LogP contribution >= 0.6 is 0 Å². The van der Waals surface area contributed by atoms with E-state index in [1.165, 1.54) is 0 Å². The molecule has 2 N–H and O–H groups in total. The zero-order valence-corrected chi connectivity index (χ0v) is 8.81. The summed E-state index contributed by atoms with van der Waals surface area (Å²) in [4.78, 5) is 0. The summed E-state index contributed by atoms with van der Waals surface area (Å²) in [5.41, 5.74) is -1.17. The Labute approximate surface area is 98.2 Å². The smallest absolute Gasteiger partial charge is 0.200 e. The van der Waals surface area contributed by atoms with Gasteiger partial charge in [-0.3, -0.25) is 0 Å². The zero-order valence-electron chi connectivity index (χ0n) is 8.81. The molecule has 1 saturated heterocycles. The second-order valence-corrected chi connectivity index (χ2v) is 3.80. The standard InChI is InChI=1S/C10H8F5NO2/c11-5-6(12)8(14)10(9(15)7(5)13)16-3-1-18-2-4(3)17/h3-4,16-17H,1-2H2. The molecule has 1 aromatic rings. The van der Waals surface area contributed by atoms with Gasteiger partial charge < -0.3 is 15.2 Å². The Morgan fingerprint density at radius 1 is 0.889 bits per heavy atom. The lowest BCUT2D eigenvalue weighted by atomic mass is 10.2. The first-order valence-electron chi connectivity index (χ1n) is 4.97. The van der Waals surface area contributed by atoms with E-state index < -0.39 is 46.9 Å². The quantitative estimate of drug-likeness (QED) is 0.486. The van der Waals surface area contributed by atoms with E-state index in [9.17, 15) is 27.1 Å². The summed E-state index contributed by atoms with van der Waals surface area (Å²) < 4.78 is 69.9. The van der Waals surface area contributed by atoms with Crippen LogP contribution in [0.1, 0.15) is 0 Å². The summed E-state index contributed by atoms with van der Waals surface area (Å²) in [6.45, 7) is -0.173. The second kappa shape index (κ2) is 4.69. The van der Waals surface area contributed by atoms with Crippen LogP contribution in [0.25, 0.3) is 0 Å². The maximum Gasteiger partial charge on any atom is 0.200 e. The average molecular weight is 269 g/mol. The SMILES string of the molecule is OC1COCC1Nc1c(F)c(F)c(F)c(F)c1F. The first-order chi connectivity index (χ1) is 8.43. The highest BCUT2D eigenvalue weighted by Crippen LogP contribution is 2.28. The molecule has 0 aliphatic carbocycles. The molecule has 18 heavy (non-hydrogen) atoms. The molecule has 0 bridgehead atoms. The molecule has 0 radical (unpaired) electrons. The van der Waals surface area contributed by atoms with Crippen molar-refractivity contribution in [1.29, 1.82) is 0 Å². The Kier molecular flexibility index (Phi) is 3.40. The number of hydrogen-bond acceptors (Lipinski definition) is 3. The van der Waals surface area contributed by atoms with Crippen LogP contribution in [-0.2, 0) is 4.74 Å². The van der Waals surface area contributed by atoms with Crippen LogP contribution in [0.4, 0.5) is 27.6 Å². The van der Waals surface area contributed by atoms with Gasteiger partial charge in [0.1, 0.15) is 5.69 Å². The van der Waals surface area contributed by atoms with Gasteiger partial charge in [-0.15, -0.1) is 0 Å². The minimum atomic E-state index is -2.22. The monoisotopic (exact) mass is 269 g/mol. The molecule has 0 aromatic heterocycles. The molecule has 1 heterocycles. The highest BCUT2D eigenvalue weighted by Gasteiger charge is 2.31. The maximum absolute atomic E-state index is 13.3. The highest BCUT2D eigenvalue weighted by molar-refractivity contribution is 5.49. The van der Waals surface area contributed by atoms with E-state index in [0.717, 1.165) is 0 Å². The van der Waals surface area contributed by atoms with Crippen molar-refractivity contribution in [3.63, 3.8) is 0 Å². The number of aliphatic hydroxyl groups excluding tert-OH is 1. The van der Waals surface area contributed by atoms with Crippen molar-refractivity contribution in [3.05, 3.63) is 29.1 Å². The molecule has 8 heteroatoms. The van der Waals surface area contributed by atoms with Gasteiger partial charge in [0.25, 0.3) is 0 Å². The predicted octanol–water partition coefficient (Wildman–Crippen LogP) is 1.55. The Balaban J connectivity index is 2.38. The molecule has 100 valence electrons. The normalized spacial score (nSPS) is 23.4. The molecular formula is C10H8F5NO2. The second-order valence-electron chi connectivity index (χ2n) is 3.80. The first-order valence-corrected chi connectivity index (χ1v) is 4.97. The molecule has 1 aliphatic rings. The molecule has 0 saturated carbocycles. The molecule has 2 unspecified atom stereocenters. The molecule has 3 nitrogen and oxygen atoms in total. The van der Waals surface area contributed by atoms with Crippen molar-refractivity contribution in [1.82, 2.24) is 0 Å². The topological polar surface area (TPSA) is 41.5 Å². The van der Waals surface area contributed by atoms with E-state index in [2.05, 4.69) is 5.32 Å². The van der Waals surface area contributed by atoms with Crippen molar-refractivity contribution < 1.29 is 31.8 Å². The predicted molar refractivity (Wildman–Crippen MR) is 50.5 cm³/mol. The van der Waals surface area contributed by atoms with Gasteiger partial charge in [-0.2, -0.15) is 0 Å². The van der Waals surface area contributed by atoms with Crippen LogP contribution in [0.5, 0.6) is 0 Å². The molecule has 1 aliphatic heterocycles. The van der Waals surface area contributed by atoms with Crippen molar-refractivity contribution in [2.24, 2.45) is 0 Å². The lowest BCUT2D eigenvalue weighted by molar-refractivity contribution is 0.125. The Hall–Kier alpha value is -1.41. The van der Waals surface area contributed by atoms with Gasteiger partial charge in [0, 0.05) is 0 Å². The highest BCUT2D eigenvalue weighted by atomic mass is 19.2. The summed E-state index contributed by atoms with van der Waals surface area (Å²) in [5, 5.41) is 11.4. The number of aliphatic hydroxyl groups is 1. The number of anilines is 1. The minimum Gasteiger partial charge on any atom is -0.388 e. The van der Waals surface area contributed by atoms with Crippen molar-refractivity contribution in [2.45, 2.75) is 12.1 Å². The summed E-state index contributed by atoms with van der Waals surface area (Å²) in [5.74, 6) is -10.2. The molecule has 0 amide bonds. The summed E-state index contributed by atoms with van der Waals surface area (Å²) in [6.07, 6.45) is -1.08. The van der Waals surface area contributed by atoms with E-state index in [1.807, 2.05) is 0 Å². The number of nitrogens with one attached hydrogen (secondary N) is 1. The van der Waals surface area contributed by atoms with Gasteiger partial charge in [-0.05, 0) is 0 Å². The first kappa shape index (κ1) is 13.0. The van der Waals surface area contributed by atoms with E-state index in [-0.39, 0.29) is 13.2 Å². The lowest BCUT2D eigenvalue weighted by Gasteiger charge is -2.17. The molecule has 1 aromatic carbocycles. The Bertz CT molecular complexity index is 453. The van der Waals surface area contributed by atoms with Gasteiger partial charge in [-0.25, -0.2) is 22.0 Å². The van der Waals surface area contributed by atoms with Crippen molar-refractivity contribution >= 4 is 5.69 Å². The van der Waals surface area contributed by atoms with E-state index in [0.29, 0.717) is 0 Å². The average Bonchev–Trinajstić information content (AvgIpc) is 2.75. The van der Waals surface area contributed by atoms with E-state index in [4.69, 9.17) is 4.74 Å². The van der Waals surface area contributed by atoms with Crippen LogP contribution in [-0.4, -0.2) is 30.5 Å². The zero-order chi connectivity index (χ0) is 13.4. The fourth-order valence-electron chi connectivity index (χ4n) is 1.60. The number of halogens is 5. The molecule has 2 rings (SSSR count). The number of hydrogen-bond donors (Lipinski definition) is 2. The third-order valence-electron chi connectivity index (χ3n) is 2.59. The fraction of sp³-hybridized carbons (Fsp3) is 0.400. The Morgan fingerprint density at radius 3 is 1.83 bits per heavy atom. The largest absolute Gasteiger partial charge is 0.388 e. The van der Waals surface area contributed by atoms with Gasteiger partial charge in [0.15, 0.2) is 23.3 Å². The van der Waals surface area contributed by atoms with Gasteiger partial charge >= 0.3 is 0 Å². The summed E-state index contributed by atoms with van der Waals surface area (Å²) >= 11 is 0. The number of ether oxygens (including phenoxy) is 1. The summed E-state index contributed by atoms with van der Waals surface area (Å²) in [7, 11) is 0. The molecular weight excluding hydrogens is 261 g/mol. The van der Waals surface area contributed by atoms with E-state index in [1.54, 1.807) is 0 Å². The minimum absolute atomic E-state index is 0.0763. The Morgan fingerprint density at radius 2 is 1.39 bits per heavy atom.